The first kappa shape index (κ1) is 13.5. The zero-order chi connectivity index (χ0) is 13.1. The summed E-state index contributed by atoms with van der Waals surface area (Å²) in [7, 11) is 0. The van der Waals surface area contributed by atoms with Crippen LogP contribution in [0.5, 0.6) is 0 Å². The number of H-pyrrole nitrogens is 1. The maximum atomic E-state index is 12.0. The van der Waals surface area contributed by atoms with Crippen molar-refractivity contribution in [3.05, 3.63) is 11.9 Å². The van der Waals surface area contributed by atoms with Gasteiger partial charge in [0.05, 0.1) is 24.5 Å². The summed E-state index contributed by atoms with van der Waals surface area (Å²) in [6.07, 6.45) is 1.12. The number of aromatic amines is 1. The molecule has 1 aromatic rings. The van der Waals surface area contributed by atoms with Crippen molar-refractivity contribution in [2.75, 3.05) is 18.1 Å². The lowest BCUT2D eigenvalue weighted by Gasteiger charge is -2.26. The molecule has 6 heteroatoms. The fourth-order valence-electron chi connectivity index (χ4n) is 1.35. The largest absolute Gasteiger partial charge is 0.443 e. The summed E-state index contributed by atoms with van der Waals surface area (Å²) in [5.41, 5.74) is 0.736. The zero-order valence-electron chi connectivity index (χ0n) is 10.6. The van der Waals surface area contributed by atoms with Crippen LogP contribution in [0.2, 0.25) is 0 Å². The highest BCUT2D eigenvalue weighted by molar-refractivity contribution is 5.88. The third kappa shape index (κ3) is 3.74. The lowest BCUT2D eigenvalue weighted by atomic mass is 10.2. The minimum Gasteiger partial charge on any atom is -0.443 e. The molecule has 1 rings (SSSR count). The Balaban J connectivity index is 2.87. The highest BCUT2D eigenvalue weighted by atomic mass is 16.6. The summed E-state index contributed by atoms with van der Waals surface area (Å²) in [4.78, 5) is 13.3. The molecule has 0 aliphatic carbocycles. The Hall–Kier alpha value is -1.56. The van der Waals surface area contributed by atoms with Gasteiger partial charge in [0, 0.05) is 6.20 Å². The number of hydrogen-bond acceptors (Lipinski definition) is 4. The van der Waals surface area contributed by atoms with E-state index in [1.165, 1.54) is 4.90 Å². The van der Waals surface area contributed by atoms with E-state index in [0.29, 0.717) is 11.4 Å². The third-order valence-corrected chi connectivity index (χ3v) is 2.03. The van der Waals surface area contributed by atoms with E-state index in [2.05, 4.69) is 10.2 Å². The summed E-state index contributed by atoms with van der Waals surface area (Å²) in [6.45, 7) is 7.21. The van der Waals surface area contributed by atoms with E-state index in [1.54, 1.807) is 33.9 Å². The van der Waals surface area contributed by atoms with Gasteiger partial charge >= 0.3 is 6.09 Å². The molecule has 0 atom stereocenters. The molecular formula is C11H19N3O3. The number of carbonyl (C=O) groups is 1. The number of ether oxygens (including phenoxy) is 1. The van der Waals surface area contributed by atoms with E-state index in [4.69, 9.17) is 9.84 Å². The van der Waals surface area contributed by atoms with Gasteiger partial charge in [-0.1, -0.05) is 0 Å². The van der Waals surface area contributed by atoms with E-state index in [0.717, 1.165) is 0 Å². The van der Waals surface area contributed by atoms with Crippen LogP contribution in [0.1, 0.15) is 26.5 Å². The van der Waals surface area contributed by atoms with Crippen LogP contribution in [-0.2, 0) is 4.74 Å². The molecule has 0 aliphatic rings. The van der Waals surface area contributed by atoms with Crippen molar-refractivity contribution in [3.63, 3.8) is 0 Å². The first-order valence-corrected chi connectivity index (χ1v) is 5.47. The molecule has 1 amide bonds. The van der Waals surface area contributed by atoms with Crippen molar-refractivity contribution in [3.8, 4) is 0 Å². The molecule has 1 heterocycles. The summed E-state index contributed by atoms with van der Waals surface area (Å²) in [5.74, 6) is 0. The van der Waals surface area contributed by atoms with Crippen LogP contribution in [-0.4, -0.2) is 40.1 Å². The smallest absolute Gasteiger partial charge is 0.414 e. The Morgan fingerprint density at radius 2 is 2.24 bits per heavy atom. The Labute approximate surface area is 101 Å². The lowest BCUT2D eigenvalue weighted by Crippen LogP contribution is -2.38. The number of nitrogens with zero attached hydrogens (tertiary/aromatic N) is 2. The van der Waals surface area contributed by atoms with Gasteiger partial charge < -0.3 is 9.84 Å². The minimum atomic E-state index is -0.567. The van der Waals surface area contributed by atoms with E-state index >= 15 is 0 Å². The molecule has 0 radical (unpaired) electrons. The molecule has 0 aliphatic heterocycles. The second-order valence-corrected chi connectivity index (χ2v) is 4.71. The van der Waals surface area contributed by atoms with E-state index in [9.17, 15) is 4.79 Å². The number of amides is 1. The van der Waals surface area contributed by atoms with Gasteiger partial charge in [-0.2, -0.15) is 5.10 Å². The molecule has 1 aromatic heterocycles. The molecule has 0 aromatic carbocycles. The molecule has 0 fully saturated rings. The molecule has 6 nitrogen and oxygen atoms in total. The van der Waals surface area contributed by atoms with Gasteiger partial charge in [0.1, 0.15) is 5.60 Å². The van der Waals surface area contributed by atoms with E-state index < -0.39 is 11.7 Å². The Morgan fingerprint density at radius 3 is 2.65 bits per heavy atom. The number of aromatic nitrogens is 2. The number of aliphatic hydroxyl groups is 1. The molecular weight excluding hydrogens is 222 g/mol. The number of aliphatic hydroxyl groups excluding tert-OH is 1. The quantitative estimate of drug-likeness (QED) is 0.839. The van der Waals surface area contributed by atoms with Gasteiger partial charge in [-0.05, 0) is 27.7 Å². The Kier molecular flexibility index (Phi) is 4.11. The fourth-order valence-corrected chi connectivity index (χ4v) is 1.35. The number of rotatable bonds is 3. The van der Waals surface area contributed by atoms with Crippen molar-refractivity contribution >= 4 is 11.8 Å². The first-order valence-electron chi connectivity index (χ1n) is 5.47. The Bertz CT molecular complexity index is 382. The number of aryl methyl sites for hydroxylation is 1. The zero-order valence-corrected chi connectivity index (χ0v) is 10.6. The summed E-state index contributed by atoms with van der Waals surface area (Å²) >= 11 is 0. The van der Waals surface area contributed by atoms with Gasteiger partial charge in [-0.25, -0.2) is 4.79 Å². The predicted octanol–water partition coefficient (Wildman–Crippen LogP) is 1.45. The van der Waals surface area contributed by atoms with Crippen molar-refractivity contribution in [2.24, 2.45) is 0 Å². The van der Waals surface area contributed by atoms with Crippen LogP contribution in [0.15, 0.2) is 6.20 Å². The van der Waals surface area contributed by atoms with Crippen LogP contribution < -0.4 is 4.90 Å². The lowest BCUT2D eigenvalue weighted by molar-refractivity contribution is 0.0573. The predicted molar refractivity (Wildman–Crippen MR) is 64.0 cm³/mol. The number of nitrogens with one attached hydrogen (secondary N) is 1. The number of anilines is 1. The molecule has 0 bridgehead atoms. The highest BCUT2D eigenvalue weighted by Crippen LogP contribution is 2.19. The van der Waals surface area contributed by atoms with Crippen molar-refractivity contribution in [2.45, 2.75) is 33.3 Å². The Morgan fingerprint density at radius 1 is 1.59 bits per heavy atom. The molecule has 96 valence electrons. The summed E-state index contributed by atoms with van der Waals surface area (Å²) < 4.78 is 5.27. The van der Waals surface area contributed by atoms with Crippen LogP contribution in [0, 0.1) is 6.92 Å². The fraction of sp³-hybridized carbons (Fsp3) is 0.636. The van der Waals surface area contributed by atoms with Crippen molar-refractivity contribution in [1.82, 2.24) is 10.2 Å². The molecule has 2 N–H and O–H groups in total. The van der Waals surface area contributed by atoms with Crippen LogP contribution >= 0.6 is 0 Å². The third-order valence-electron chi connectivity index (χ3n) is 2.03. The van der Waals surface area contributed by atoms with E-state index in [1.807, 2.05) is 0 Å². The van der Waals surface area contributed by atoms with Crippen LogP contribution in [0.3, 0.4) is 0 Å². The average Bonchev–Trinajstić information content (AvgIpc) is 2.58. The second kappa shape index (κ2) is 5.18. The highest BCUT2D eigenvalue weighted by Gasteiger charge is 2.24. The summed E-state index contributed by atoms with van der Waals surface area (Å²) in [6, 6.07) is 0. The van der Waals surface area contributed by atoms with Gasteiger partial charge in [-0.15, -0.1) is 0 Å². The molecule has 0 saturated heterocycles. The SMILES string of the molecule is Cc1n[nH]cc1N(CCO)C(=O)OC(C)(C)C. The van der Waals surface area contributed by atoms with Crippen LogP contribution in [0.25, 0.3) is 0 Å². The van der Waals surface area contributed by atoms with E-state index in [-0.39, 0.29) is 13.2 Å². The number of hydrogen-bond donors (Lipinski definition) is 2. The first-order chi connectivity index (χ1) is 7.85. The van der Waals surface area contributed by atoms with Gasteiger partial charge in [0.25, 0.3) is 0 Å². The molecule has 0 spiro atoms. The number of carbonyl (C=O) groups excluding carboxylic acids is 1. The maximum absolute atomic E-state index is 12.0. The van der Waals surface area contributed by atoms with Crippen molar-refractivity contribution < 1.29 is 14.6 Å². The molecule has 0 saturated carbocycles. The maximum Gasteiger partial charge on any atom is 0.414 e. The van der Waals surface area contributed by atoms with Crippen molar-refractivity contribution in [1.29, 1.82) is 0 Å². The molecule has 0 unspecified atom stereocenters. The van der Waals surface area contributed by atoms with Gasteiger partial charge in [0.2, 0.25) is 0 Å². The summed E-state index contributed by atoms with van der Waals surface area (Å²) in [5, 5.41) is 15.6. The normalized spacial score (nSPS) is 11.4. The van der Waals surface area contributed by atoms with Gasteiger partial charge in [0.15, 0.2) is 0 Å². The topological polar surface area (TPSA) is 78.5 Å². The van der Waals surface area contributed by atoms with Gasteiger partial charge in [-0.3, -0.25) is 10.00 Å². The standard InChI is InChI=1S/C11H19N3O3/c1-8-9(7-12-13-8)14(5-6-15)10(16)17-11(2,3)4/h7,15H,5-6H2,1-4H3,(H,12,13). The average molecular weight is 241 g/mol. The monoisotopic (exact) mass is 241 g/mol. The minimum absolute atomic E-state index is 0.135. The van der Waals surface area contributed by atoms with Crippen LogP contribution in [0.4, 0.5) is 10.5 Å². The second-order valence-electron chi connectivity index (χ2n) is 4.71. The molecule has 17 heavy (non-hydrogen) atoms.